The molecule has 2 heterocycles. The van der Waals surface area contributed by atoms with E-state index in [1.165, 1.54) is 16.9 Å². The minimum Gasteiger partial charge on any atom is -0.332 e. The number of rotatable bonds is 5. The van der Waals surface area contributed by atoms with Gasteiger partial charge in [0.15, 0.2) is 5.13 Å². The molecule has 6 nitrogen and oxygen atoms in total. The molecule has 0 atom stereocenters. The molecule has 2 aromatic heterocycles. The molecule has 23 heavy (non-hydrogen) atoms. The van der Waals surface area contributed by atoms with E-state index in [4.69, 9.17) is 0 Å². The van der Waals surface area contributed by atoms with E-state index in [1.54, 1.807) is 10.9 Å². The number of carbonyl (C=O) groups excluding carboxylic acids is 1. The van der Waals surface area contributed by atoms with Gasteiger partial charge in [0.2, 0.25) is 0 Å². The Morgan fingerprint density at radius 3 is 2.83 bits per heavy atom. The van der Waals surface area contributed by atoms with Crippen LogP contribution in [0.2, 0.25) is 0 Å². The maximum Gasteiger partial charge on any atom is 0.321 e. The maximum absolute atomic E-state index is 11.9. The van der Waals surface area contributed by atoms with E-state index < -0.39 is 0 Å². The van der Waals surface area contributed by atoms with Crippen LogP contribution in [0, 0.1) is 0 Å². The normalized spacial score (nSPS) is 10.5. The zero-order valence-electron chi connectivity index (χ0n) is 12.7. The molecule has 0 aliphatic heterocycles. The topological polar surface area (TPSA) is 71.8 Å². The minimum atomic E-state index is -0.271. The average molecular weight is 327 g/mol. The lowest BCUT2D eigenvalue weighted by molar-refractivity contribution is 0.251. The summed E-state index contributed by atoms with van der Waals surface area (Å²) >= 11 is 1.42. The fraction of sp³-hybridized carbons (Fsp3) is 0.188. The Kier molecular flexibility index (Phi) is 4.68. The minimum absolute atomic E-state index is 0.271. The standard InChI is InChI=1S/C16H17N5OS/c1-21-14(7-8-18-21)10-17-15(22)20-16-19-13(11-23-16)9-12-5-3-2-4-6-12/h2-8,11H,9-10H2,1H3,(H2,17,19,20,22). The molecule has 118 valence electrons. The average Bonchev–Trinajstić information content (AvgIpc) is 3.15. The molecule has 0 unspecified atom stereocenters. The van der Waals surface area contributed by atoms with Crippen LogP contribution < -0.4 is 10.6 Å². The van der Waals surface area contributed by atoms with Crippen molar-refractivity contribution in [3.8, 4) is 0 Å². The first-order valence-corrected chi connectivity index (χ1v) is 8.09. The first-order valence-electron chi connectivity index (χ1n) is 7.21. The van der Waals surface area contributed by atoms with Gasteiger partial charge in [0.1, 0.15) is 0 Å². The Balaban J connectivity index is 1.52. The second kappa shape index (κ2) is 7.06. The van der Waals surface area contributed by atoms with Gasteiger partial charge in [-0.05, 0) is 11.6 Å². The Hall–Kier alpha value is -2.67. The molecule has 0 saturated carbocycles. The molecule has 0 aliphatic carbocycles. The zero-order chi connectivity index (χ0) is 16.1. The summed E-state index contributed by atoms with van der Waals surface area (Å²) < 4.78 is 1.72. The third-order valence-electron chi connectivity index (χ3n) is 3.35. The second-order valence-corrected chi connectivity index (χ2v) is 5.92. The molecule has 0 aliphatic rings. The molecule has 0 spiro atoms. The van der Waals surface area contributed by atoms with Crippen molar-refractivity contribution in [2.24, 2.45) is 7.05 Å². The highest BCUT2D eigenvalue weighted by Crippen LogP contribution is 2.18. The number of hydrogen-bond acceptors (Lipinski definition) is 4. The second-order valence-electron chi connectivity index (χ2n) is 5.06. The van der Waals surface area contributed by atoms with Crippen LogP contribution in [0.15, 0.2) is 48.0 Å². The van der Waals surface area contributed by atoms with Gasteiger partial charge in [-0.25, -0.2) is 9.78 Å². The smallest absolute Gasteiger partial charge is 0.321 e. The Labute approximate surface area is 138 Å². The van der Waals surface area contributed by atoms with Crippen LogP contribution in [0.3, 0.4) is 0 Å². The van der Waals surface area contributed by atoms with Crippen LogP contribution in [-0.2, 0) is 20.0 Å². The summed E-state index contributed by atoms with van der Waals surface area (Å²) in [4.78, 5) is 16.3. The molecule has 0 radical (unpaired) electrons. The highest BCUT2D eigenvalue weighted by molar-refractivity contribution is 7.13. The van der Waals surface area contributed by atoms with Gasteiger partial charge in [-0.15, -0.1) is 11.3 Å². The third kappa shape index (κ3) is 4.17. The highest BCUT2D eigenvalue weighted by Gasteiger charge is 2.07. The van der Waals surface area contributed by atoms with E-state index in [0.29, 0.717) is 11.7 Å². The first kappa shape index (κ1) is 15.2. The quantitative estimate of drug-likeness (QED) is 0.757. The van der Waals surface area contributed by atoms with Gasteiger partial charge in [-0.2, -0.15) is 5.10 Å². The fourth-order valence-electron chi connectivity index (χ4n) is 2.14. The van der Waals surface area contributed by atoms with Crippen LogP contribution in [0.5, 0.6) is 0 Å². The molecule has 0 saturated heterocycles. The lowest BCUT2D eigenvalue weighted by Gasteiger charge is -2.05. The summed E-state index contributed by atoms with van der Waals surface area (Å²) in [5, 5.41) is 12.2. The lowest BCUT2D eigenvalue weighted by atomic mass is 10.1. The van der Waals surface area contributed by atoms with Crippen molar-refractivity contribution in [2.45, 2.75) is 13.0 Å². The summed E-state index contributed by atoms with van der Waals surface area (Å²) in [6.07, 6.45) is 2.46. The van der Waals surface area contributed by atoms with Gasteiger partial charge in [0.05, 0.1) is 17.9 Å². The molecule has 0 bridgehead atoms. The summed E-state index contributed by atoms with van der Waals surface area (Å²) in [5.41, 5.74) is 3.08. The van der Waals surface area contributed by atoms with Crippen molar-refractivity contribution in [3.05, 3.63) is 64.9 Å². The highest BCUT2D eigenvalue weighted by atomic mass is 32.1. The van der Waals surface area contributed by atoms with Crippen molar-refractivity contribution in [1.29, 1.82) is 0 Å². The Morgan fingerprint density at radius 2 is 2.09 bits per heavy atom. The predicted octanol–water partition coefficient (Wildman–Crippen LogP) is 2.79. The maximum atomic E-state index is 11.9. The largest absolute Gasteiger partial charge is 0.332 e. The van der Waals surface area contributed by atoms with E-state index in [1.807, 2.05) is 36.7 Å². The Morgan fingerprint density at radius 1 is 1.26 bits per heavy atom. The number of aromatic nitrogens is 3. The number of nitrogens with zero attached hydrogens (tertiary/aromatic N) is 3. The molecular weight excluding hydrogens is 310 g/mol. The third-order valence-corrected chi connectivity index (χ3v) is 4.16. The lowest BCUT2D eigenvalue weighted by Crippen LogP contribution is -2.28. The van der Waals surface area contributed by atoms with Gasteiger partial charge >= 0.3 is 6.03 Å². The summed E-state index contributed by atoms with van der Waals surface area (Å²) in [5.74, 6) is 0. The number of nitrogens with one attached hydrogen (secondary N) is 2. The van der Waals surface area contributed by atoms with Crippen LogP contribution in [0.25, 0.3) is 0 Å². The van der Waals surface area contributed by atoms with Crippen LogP contribution >= 0.6 is 11.3 Å². The molecule has 7 heteroatoms. The van der Waals surface area contributed by atoms with Gasteiger partial charge in [-0.1, -0.05) is 30.3 Å². The molecule has 3 aromatic rings. The Bertz CT molecular complexity index is 781. The number of hydrogen-bond donors (Lipinski definition) is 2. The number of thiazole rings is 1. The number of amides is 2. The number of benzene rings is 1. The van der Waals surface area contributed by atoms with Crippen LogP contribution in [0.1, 0.15) is 17.0 Å². The van der Waals surface area contributed by atoms with E-state index in [9.17, 15) is 4.79 Å². The first-order chi connectivity index (χ1) is 11.2. The summed E-state index contributed by atoms with van der Waals surface area (Å²) in [7, 11) is 1.84. The fourth-order valence-corrected chi connectivity index (χ4v) is 2.84. The van der Waals surface area contributed by atoms with Crippen LogP contribution in [0.4, 0.5) is 9.93 Å². The molecular formula is C16H17N5OS. The molecule has 0 fully saturated rings. The van der Waals surface area contributed by atoms with E-state index >= 15 is 0 Å². The van der Waals surface area contributed by atoms with Gasteiger partial charge in [0.25, 0.3) is 0 Å². The van der Waals surface area contributed by atoms with Crippen LogP contribution in [-0.4, -0.2) is 20.8 Å². The van der Waals surface area contributed by atoms with Crippen molar-refractivity contribution in [3.63, 3.8) is 0 Å². The molecule has 2 amide bonds. The SMILES string of the molecule is Cn1nccc1CNC(=O)Nc1nc(Cc2ccccc2)cs1. The van der Waals surface area contributed by atoms with Crippen molar-refractivity contribution >= 4 is 22.5 Å². The molecule has 3 rings (SSSR count). The number of carbonyl (C=O) groups is 1. The van der Waals surface area contributed by atoms with Gasteiger partial charge in [-0.3, -0.25) is 10.00 Å². The van der Waals surface area contributed by atoms with Crippen molar-refractivity contribution < 1.29 is 4.79 Å². The number of anilines is 1. The van der Waals surface area contributed by atoms with E-state index in [-0.39, 0.29) is 6.03 Å². The zero-order valence-corrected chi connectivity index (χ0v) is 13.5. The van der Waals surface area contributed by atoms with Gasteiger partial charge in [0, 0.05) is 25.0 Å². The molecule has 2 N–H and O–H groups in total. The van der Waals surface area contributed by atoms with E-state index in [2.05, 4.69) is 32.8 Å². The van der Waals surface area contributed by atoms with Crippen molar-refractivity contribution in [1.82, 2.24) is 20.1 Å². The van der Waals surface area contributed by atoms with Crippen molar-refractivity contribution in [2.75, 3.05) is 5.32 Å². The molecule has 1 aromatic carbocycles. The number of urea groups is 1. The predicted molar refractivity (Wildman–Crippen MR) is 90.4 cm³/mol. The summed E-state index contributed by atoms with van der Waals surface area (Å²) in [6, 6.07) is 11.7. The summed E-state index contributed by atoms with van der Waals surface area (Å²) in [6.45, 7) is 0.421. The van der Waals surface area contributed by atoms with Gasteiger partial charge < -0.3 is 5.32 Å². The monoisotopic (exact) mass is 327 g/mol. The van der Waals surface area contributed by atoms with E-state index in [0.717, 1.165) is 17.8 Å². The number of aryl methyl sites for hydroxylation is 1.